The summed E-state index contributed by atoms with van der Waals surface area (Å²) >= 11 is 1.44. The van der Waals surface area contributed by atoms with Crippen LogP contribution in [0.3, 0.4) is 0 Å². The maximum atomic E-state index is 11.0. The Labute approximate surface area is 112 Å². The Morgan fingerprint density at radius 2 is 2.32 bits per heavy atom. The predicted octanol–water partition coefficient (Wildman–Crippen LogP) is 1.05. The van der Waals surface area contributed by atoms with Gasteiger partial charge in [-0.05, 0) is 6.92 Å². The van der Waals surface area contributed by atoms with Crippen molar-refractivity contribution in [3.63, 3.8) is 0 Å². The highest BCUT2D eigenvalue weighted by Crippen LogP contribution is 2.26. The number of nitrogens with one attached hydrogen (secondary N) is 2. The number of nitrogen functional groups attached to an aromatic ring is 1. The van der Waals surface area contributed by atoms with Gasteiger partial charge in [0.2, 0.25) is 11.8 Å². The van der Waals surface area contributed by atoms with Gasteiger partial charge in [-0.15, -0.1) is 11.3 Å². The lowest BCUT2D eigenvalue weighted by Crippen LogP contribution is -2.14. The molecule has 0 saturated carbocycles. The standard InChI is InChI=1S/C9H11N7O2S/c1-5-7(16(17)18)8(14-9(13-5)15-10)12-4-6-11-2-3-19-6/h2-3H,4,10H2,1H3,(H2,12,13,14,15). The molecule has 0 unspecified atom stereocenters. The number of rotatable bonds is 5. The van der Waals surface area contributed by atoms with E-state index in [2.05, 4.69) is 25.7 Å². The molecule has 0 saturated heterocycles. The Morgan fingerprint density at radius 3 is 2.89 bits per heavy atom. The molecule has 10 heteroatoms. The number of thiazole rings is 1. The zero-order valence-corrected chi connectivity index (χ0v) is 10.8. The number of aromatic nitrogens is 3. The topological polar surface area (TPSA) is 132 Å². The molecule has 0 bridgehead atoms. The third-order valence-corrected chi connectivity index (χ3v) is 3.04. The quantitative estimate of drug-likeness (QED) is 0.421. The molecule has 4 N–H and O–H groups in total. The molecule has 2 rings (SSSR count). The molecule has 0 aliphatic carbocycles. The second-order valence-electron chi connectivity index (χ2n) is 3.51. The van der Waals surface area contributed by atoms with Crippen LogP contribution in [0.5, 0.6) is 0 Å². The first-order chi connectivity index (χ1) is 9.11. The molecule has 100 valence electrons. The van der Waals surface area contributed by atoms with Crippen molar-refractivity contribution in [3.8, 4) is 0 Å². The smallest absolute Gasteiger partial charge is 0.332 e. The molecule has 0 radical (unpaired) electrons. The molecule has 19 heavy (non-hydrogen) atoms. The van der Waals surface area contributed by atoms with Crippen LogP contribution >= 0.6 is 11.3 Å². The van der Waals surface area contributed by atoms with E-state index in [0.717, 1.165) is 5.01 Å². The van der Waals surface area contributed by atoms with Crippen molar-refractivity contribution in [1.82, 2.24) is 15.0 Å². The van der Waals surface area contributed by atoms with E-state index in [9.17, 15) is 10.1 Å². The number of nitro groups is 1. The Hall–Kier alpha value is -2.33. The summed E-state index contributed by atoms with van der Waals surface area (Å²) in [4.78, 5) is 22.4. The Balaban J connectivity index is 2.30. The maximum absolute atomic E-state index is 11.0. The number of aryl methyl sites for hydroxylation is 1. The summed E-state index contributed by atoms with van der Waals surface area (Å²) in [6.07, 6.45) is 1.66. The zero-order chi connectivity index (χ0) is 13.8. The number of hydrogen-bond donors (Lipinski definition) is 3. The van der Waals surface area contributed by atoms with Gasteiger partial charge in [0.05, 0.1) is 11.5 Å². The number of anilines is 2. The van der Waals surface area contributed by atoms with Gasteiger partial charge in [0.25, 0.3) is 0 Å². The summed E-state index contributed by atoms with van der Waals surface area (Å²) in [5.41, 5.74) is 2.33. The molecular weight excluding hydrogens is 270 g/mol. The summed E-state index contributed by atoms with van der Waals surface area (Å²) in [6.45, 7) is 1.87. The third-order valence-electron chi connectivity index (χ3n) is 2.26. The minimum absolute atomic E-state index is 0.112. The highest BCUT2D eigenvalue weighted by atomic mass is 32.1. The SMILES string of the molecule is Cc1nc(NN)nc(NCc2nccs2)c1[N+](=O)[O-]. The molecule has 9 nitrogen and oxygen atoms in total. The lowest BCUT2D eigenvalue weighted by Gasteiger charge is -2.08. The normalized spacial score (nSPS) is 10.2. The van der Waals surface area contributed by atoms with Gasteiger partial charge in [-0.25, -0.2) is 15.8 Å². The maximum Gasteiger partial charge on any atom is 0.332 e. The van der Waals surface area contributed by atoms with Crippen LogP contribution in [0.1, 0.15) is 10.7 Å². The molecule has 2 aromatic rings. The van der Waals surface area contributed by atoms with Crippen molar-refractivity contribution in [2.24, 2.45) is 5.84 Å². The Bertz CT molecular complexity index is 587. The van der Waals surface area contributed by atoms with Crippen LogP contribution in [0.25, 0.3) is 0 Å². The van der Waals surface area contributed by atoms with Crippen LogP contribution in [-0.4, -0.2) is 19.9 Å². The molecule has 0 atom stereocenters. The van der Waals surface area contributed by atoms with Crippen molar-refractivity contribution in [2.45, 2.75) is 13.5 Å². The van der Waals surface area contributed by atoms with Crippen molar-refractivity contribution < 1.29 is 4.92 Å². The molecule has 0 aliphatic heterocycles. The second-order valence-corrected chi connectivity index (χ2v) is 4.49. The average Bonchev–Trinajstić information content (AvgIpc) is 2.88. The van der Waals surface area contributed by atoms with Crippen LogP contribution in [0, 0.1) is 17.0 Å². The molecule has 0 amide bonds. The van der Waals surface area contributed by atoms with Gasteiger partial charge in [-0.3, -0.25) is 15.5 Å². The second kappa shape index (κ2) is 5.54. The van der Waals surface area contributed by atoms with Crippen molar-refractivity contribution in [2.75, 3.05) is 10.7 Å². The summed E-state index contributed by atoms with van der Waals surface area (Å²) in [7, 11) is 0. The summed E-state index contributed by atoms with van der Waals surface area (Å²) in [5.74, 6) is 5.45. The van der Waals surface area contributed by atoms with E-state index >= 15 is 0 Å². The van der Waals surface area contributed by atoms with Gasteiger partial charge < -0.3 is 5.32 Å². The van der Waals surface area contributed by atoms with Crippen LogP contribution in [0.15, 0.2) is 11.6 Å². The Morgan fingerprint density at radius 1 is 1.53 bits per heavy atom. The van der Waals surface area contributed by atoms with Gasteiger partial charge >= 0.3 is 5.69 Å². The van der Waals surface area contributed by atoms with E-state index in [1.807, 2.05) is 5.38 Å². The molecule has 0 spiro atoms. The third kappa shape index (κ3) is 2.92. The van der Waals surface area contributed by atoms with Crippen molar-refractivity contribution in [3.05, 3.63) is 32.4 Å². The number of hydrazine groups is 1. The minimum Gasteiger partial charge on any atom is -0.358 e. The lowest BCUT2D eigenvalue weighted by molar-refractivity contribution is -0.385. The number of nitrogens with zero attached hydrogens (tertiary/aromatic N) is 4. The molecule has 0 aromatic carbocycles. The summed E-state index contributed by atoms with van der Waals surface area (Å²) in [6, 6.07) is 0. The van der Waals surface area contributed by atoms with Gasteiger partial charge in [0.1, 0.15) is 10.7 Å². The number of nitrogens with two attached hydrogens (primary N) is 1. The van der Waals surface area contributed by atoms with Gasteiger partial charge in [0.15, 0.2) is 0 Å². The van der Waals surface area contributed by atoms with Crippen LogP contribution in [0.4, 0.5) is 17.5 Å². The fourth-order valence-electron chi connectivity index (χ4n) is 1.47. The molecule has 0 aliphatic rings. The minimum atomic E-state index is -0.528. The van der Waals surface area contributed by atoms with Gasteiger partial charge in [-0.2, -0.15) is 4.98 Å². The van der Waals surface area contributed by atoms with Crippen molar-refractivity contribution in [1.29, 1.82) is 0 Å². The van der Waals surface area contributed by atoms with Gasteiger partial charge in [-0.1, -0.05) is 0 Å². The van der Waals surface area contributed by atoms with Crippen LogP contribution in [-0.2, 0) is 6.54 Å². The van der Waals surface area contributed by atoms with E-state index in [1.165, 1.54) is 18.3 Å². The average molecular weight is 281 g/mol. The largest absolute Gasteiger partial charge is 0.358 e. The fourth-order valence-corrected chi connectivity index (χ4v) is 2.03. The predicted molar refractivity (Wildman–Crippen MR) is 70.7 cm³/mol. The molecule has 2 heterocycles. The van der Waals surface area contributed by atoms with Crippen molar-refractivity contribution >= 4 is 28.8 Å². The van der Waals surface area contributed by atoms with E-state index < -0.39 is 4.92 Å². The monoisotopic (exact) mass is 281 g/mol. The van der Waals surface area contributed by atoms with E-state index in [1.54, 1.807) is 6.20 Å². The summed E-state index contributed by atoms with van der Waals surface area (Å²) in [5, 5.41) is 16.5. The Kier molecular flexibility index (Phi) is 3.82. The fraction of sp³-hybridized carbons (Fsp3) is 0.222. The lowest BCUT2D eigenvalue weighted by atomic mass is 10.3. The highest BCUT2D eigenvalue weighted by molar-refractivity contribution is 7.09. The highest BCUT2D eigenvalue weighted by Gasteiger charge is 2.21. The first-order valence-corrected chi connectivity index (χ1v) is 6.11. The van der Waals surface area contributed by atoms with E-state index in [4.69, 9.17) is 5.84 Å². The first-order valence-electron chi connectivity index (χ1n) is 5.23. The van der Waals surface area contributed by atoms with Gasteiger partial charge in [0, 0.05) is 11.6 Å². The van der Waals surface area contributed by atoms with E-state index in [0.29, 0.717) is 6.54 Å². The molecular formula is C9H11N7O2S. The van der Waals surface area contributed by atoms with Crippen LogP contribution in [0.2, 0.25) is 0 Å². The molecule has 2 aromatic heterocycles. The van der Waals surface area contributed by atoms with E-state index in [-0.39, 0.29) is 23.1 Å². The molecule has 0 fully saturated rings. The van der Waals surface area contributed by atoms with Crippen LogP contribution < -0.4 is 16.6 Å². The zero-order valence-electron chi connectivity index (χ0n) is 9.95. The first kappa shape index (κ1) is 13.1. The number of hydrogen-bond acceptors (Lipinski definition) is 9. The summed E-state index contributed by atoms with van der Waals surface area (Å²) < 4.78 is 0.